The topological polar surface area (TPSA) is 63.2 Å². The van der Waals surface area contributed by atoms with Crippen molar-refractivity contribution in [3.8, 4) is 10.4 Å². The molecule has 0 atom stereocenters. The third-order valence-electron chi connectivity index (χ3n) is 3.39. The van der Waals surface area contributed by atoms with Gasteiger partial charge >= 0.3 is 5.97 Å². The molecule has 0 bridgehead atoms. The zero-order valence-electron chi connectivity index (χ0n) is 13.7. The van der Waals surface area contributed by atoms with Gasteiger partial charge in [0.25, 0.3) is 0 Å². The Kier molecular flexibility index (Phi) is 5.82. The molecule has 1 aromatic carbocycles. The number of halogens is 1. The average Bonchev–Trinajstić information content (AvgIpc) is 3.07. The fourth-order valence-electron chi connectivity index (χ4n) is 2.19. The van der Waals surface area contributed by atoms with E-state index < -0.39 is 5.97 Å². The summed E-state index contributed by atoms with van der Waals surface area (Å²) in [6, 6.07) is 15.0. The van der Waals surface area contributed by atoms with Crippen LogP contribution >= 0.6 is 35.2 Å². The van der Waals surface area contributed by atoms with Crippen LogP contribution in [-0.4, -0.2) is 23.2 Å². The molecule has 3 rings (SSSR count). The van der Waals surface area contributed by atoms with Crippen LogP contribution in [0.3, 0.4) is 0 Å². The van der Waals surface area contributed by atoms with Crippen LogP contribution in [0, 0.1) is 0 Å². The summed E-state index contributed by atoms with van der Waals surface area (Å²) in [7, 11) is 1.35. The number of carbonyl (C=O) groups is 1. The molecule has 0 saturated heterocycles. The average molecular weight is 404 g/mol. The first-order valence-corrected chi connectivity index (χ1v) is 9.14. The predicted octanol–water partition coefficient (Wildman–Crippen LogP) is 5.06. The summed E-state index contributed by atoms with van der Waals surface area (Å²) >= 11 is 12.6. The van der Waals surface area contributed by atoms with Crippen molar-refractivity contribution in [2.75, 3.05) is 17.7 Å². The van der Waals surface area contributed by atoms with E-state index in [4.69, 9.17) is 28.6 Å². The van der Waals surface area contributed by atoms with Crippen molar-refractivity contribution in [3.05, 3.63) is 65.3 Å². The van der Waals surface area contributed by atoms with Crippen LogP contribution < -0.4 is 10.6 Å². The molecule has 0 amide bonds. The van der Waals surface area contributed by atoms with Gasteiger partial charge in [-0.15, -0.1) is 11.3 Å². The second-order valence-corrected chi connectivity index (χ2v) is 7.05. The lowest BCUT2D eigenvalue weighted by Gasteiger charge is -2.09. The van der Waals surface area contributed by atoms with Gasteiger partial charge in [0.2, 0.25) is 0 Å². The highest BCUT2D eigenvalue weighted by Gasteiger charge is 2.18. The number of thiophene rings is 1. The van der Waals surface area contributed by atoms with Crippen LogP contribution in [0.5, 0.6) is 0 Å². The molecule has 132 valence electrons. The summed E-state index contributed by atoms with van der Waals surface area (Å²) in [4.78, 5) is 17.2. The quantitative estimate of drug-likeness (QED) is 0.469. The number of hydrogen-bond donors (Lipinski definition) is 2. The molecule has 0 aliphatic heterocycles. The normalized spacial score (nSPS) is 10.2. The number of rotatable bonds is 4. The molecule has 0 aliphatic rings. The van der Waals surface area contributed by atoms with Gasteiger partial charge in [0.1, 0.15) is 10.8 Å². The monoisotopic (exact) mass is 403 g/mol. The second-order valence-electron chi connectivity index (χ2n) is 5.15. The van der Waals surface area contributed by atoms with Crippen LogP contribution in [0.1, 0.15) is 10.4 Å². The van der Waals surface area contributed by atoms with Gasteiger partial charge in [0.05, 0.1) is 17.7 Å². The van der Waals surface area contributed by atoms with E-state index in [2.05, 4.69) is 15.6 Å². The molecule has 3 aromatic rings. The van der Waals surface area contributed by atoms with E-state index in [-0.39, 0.29) is 0 Å². The maximum atomic E-state index is 12.1. The van der Waals surface area contributed by atoms with Gasteiger partial charge in [-0.05, 0) is 36.0 Å². The van der Waals surface area contributed by atoms with Gasteiger partial charge in [-0.1, -0.05) is 41.9 Å². The number of hydrogen-bond acceptors (Lipinski definition) is 5. The number of esters is 1. The Morgan fingerprint density at radius 3 is 2.62 bits per heavy atom. The number of ether oxygens (including phenoxy) is 1. The minimum Gasteiger partial charge on any atom is -0.465 e. The fourth-order valence-corrected chi connectivity index (χ4v) is 3.63. The van der Waals surface area contributed by atoms with E-state index in [0.717, 1.165) is 10.4 Å². The molecule has 0 aliphatic carbocycles. The third-order valence-corrected chi connectivity index (χ3v) is 4.92. The molecule has 0 unspecified atom stereocenters. The Balaban J connectivity index is 1.83. The number of anilines is 2. The highest BCUT2D eigenvalue weighted by molar-refractivity contribution is 7.80. The first-order valence-electron chi connectivity index (χ1n) is 7.54. The van der Waals surface area contributed by atoms with E-state index in [1.54, 1.807) is 18.2 Å². The van der Waals surface area contributed by atoms with E-state index in [0.29, 0.717) is 26.5 Å². The smallest absolute Gasteiger partial charge is 0.340 e. The third kappa shape index (κ3) is 4.37. The Bertz CT molecular complexity index is 927. The number of aromatic nitrogens is 1. The van der Waals surface area contributed by atoms with Gasteiger partial charge in [-0.3, -0.25) is 0 Å². The van der Waals surface area contributed by atoms with Gasteiger partial charge < -0.3 is 15.4 Å². The van der Waals surface area contributed by atoms with E-state index in [9.17, 15) is 4.79 Å². The number of carbonyl (C=O) groups excluding carboxylic acids is 1. The summed E-state index contributed by atoms with van der Waals surface area (Å²) in [5, 5.41) is 7.45. The highest BCUT2D eigenvalue weighted by Crippen LogP contribution is 2.35. The molecule has 0 saturated carbocycles. The Morgan fingerprint density at radius 1 is 1.19 bits per heavy atom. The van der Waals surface area contributed by atoms with E-state index >= 15 is 0 Å². The van der Waals surface area contributed by atoms with Crippen molar-refractivity contribution in [2.24, 2.45) is 0 Å². The zero-order valence-corrected chi connectivity index (χ0v) is 16.0. The lowest BCUT2D eigenvalue weighted by molar-refractivity contribution is 0.0602. The molecular formula is C18H14ClN3O2S2. The summed E-state index contributed by atoms with van der Waals surface area (Å²) in [6.07, 6.45) is 1.52. The summed E-state index contributed by atoms with van der Waals surface area (Å²) < 4.78 is 4.88. The van der Waals surface area contributed by atoms with Crippen molar-refractivity contribution in [1.82, 2.24) is 4.98 Å². The lowest BCUT2D eigenvalue weighted by Crippen LogP contribution is -2.20. The Morgan fingerprint density at radius 2 is 1.96 bits per heavy atom. The fraction of sp³-hybridized carbons (Fsp3) is 0.0556. The molecule has 26 heavy (non-hydrogen) atoms. The number of benzene rings is 1. The van der Waals surface area contributed by atoms with Crippen molar-refractivity contribution in [2.45, 2.75) is 0 Å². The van der Waals surface area contributed by atoms with Crippen molar-refractivity contribution < 1.29 is 9.53 Å². The zero-order chi connectivity index (χ0) is 18.5. The molecule has 0 fully saturated rings. The molecule has 0 radical (unpaired) electrons. The second kappa shape index (κ2) is 8.27. The number of thiocarbonyl (C=S) groups is 1. The molecule has 0 spiro atoms. The Labute approximate surface area is 165 Å². The first-order chi connectivity index (χ1) is 12.6. The van der Waals surface area contributed by atoms with E-state index in [1.165, 1.54) is 24.6 Å². The summed E-state index contributed by atoms with van der Waals surface area (Å²) in [5.74, 6) is 0.115. The summed E-state index contributed by atoms with van der Waals surface area (Å²) in [5.41, 5.74) is 1.43. The standard InChI is InChI=1S/C18H14ClN3O2S2/c1-24-17(23)13-9-14(11-5-3-2-4-6-11)26-16(13)22-18(25)21-15-8-7-12(19)10-20-15/h2-10H,1H3,(H2,20,21,22,25). The largest absolute Gasteiger partial charge is 0.465 e. The highest BCUT2D eigenvalue weighted by atomic mass is 35.5. The molecular weight excluding hydrogens is 390 g/mol. The van der Waals surface area contributed by atoms with Crippen LogP contribution in [0.15, 0.2) is 54.7 Å². The lowest BCUT2D eigenvalue weighted by atomic mass is 10.1. The number of pyridine rings is 1. The SMILES string of the molecule is COC(=O)c1cc(-c2ccccc2)sc1NC(=S)Nc1ccc(Cl)cn1. The number of methoxy groups -OCH3 is 1. The minimum atomic E-state index is -0.432. The number of nitrogens with one attached hydrogen (secondary N) is 2. The molecule has 8 heteroatoms. The molecule has 5 nitrogen and oxygen atoms in total. The molecule has 2 N–H and O–H groups in total. The van der Waals surface area contributed by atoms with Gasteiger partial charge in [0, 0.05) is 11.1 Å². The van der Waals surface area contributed by atoms with Crippen LogP contribution in [0.2, 0.25) is 5.02 Å². The van der Waals surface area contributed by atoms with Gasteiger partial charge in [0.15, 0.2) is 5.11 Å². The number of nitrogens with zero attached hydrogens (tertiary/aromatic N) is 1. The molecule has 2 aromatic heterocycles. The van der Waals surface area contributed by atoms with E-state index in [1.807, 2.05) is 30.3 Å². The van der Waals surface area contributed by atoms with Crippen LogP contribution in [0.25, 0.3) is 10.4 Å². The van der Waals surface area contributed by atoms with Gasteiger partial charge in [-0.25, -0.2) is 9.78 Å². The maximum absolute atomic E-state index is 12.1. The van der Waals surface area contributed by atoms with Crippen LogP contribution in [-0.2, 0) is 4.74 Å². The van der Waals surface area contributed by atoms with Crippen molar-refractivity contribution in [3.63, 3.8) is 0 Å². The van der Waals surface area contributed by atoms with Crippen molar-refractivity contribution >= 4 is 57.1 Å². The Hall–Kier alpha value is -2.48. The summed E-state index contributed by atoms with van der Waals surface area (Å²) in [6.45, 7) is 0. The molecule has 2 heterocycles. The maximum Gasteiger partial charge on any atom is 0.340 e. The van der Waals surface area contributed by atoms with Crippen LogP contribution in [0.4, 0.5) is 10.8 Å². The predicted molar refractivity (Wildman–Crippen MR) is 110 cm³/mol. The minimum absolute atomic E-state index is 0.312. The first kappa shape index (κ1) is 18.3. The van der Waals surface area contributed by atoms with Crippen molar-refractivity contribution in [1.29, 1.82) is 0 Å². The van der Waals surface area contributed by atoms with Gasteiger partial charge in [-0.2, -0.15) is 0 Å².